The van der Waals surface area contributed by atoms with Crippen molar-refractivity contribution >= 4 is 27.9 Å². The first kappa shape index (κ1) is 21.8. The van der Waals surface area contributed by atoms with Crippen LogP contribution in [0.4, 0.5) is 14.5 Å². The number of hydrogen-bond acceptors (Lipinski definition) is 4. The molecule has 0 saturated carbocycles. The maximum Gasteiger partial charge on any atom is 0.387 e. The summed E-state index contributed by atoms with van der Waals surface area (Å²) in [5.41, 5.74) is 3.37. The molecule has 0 atom stereocenters. The molecule has 1 aliphatic heterocycles. The molecular formula is C24H21F2NO4S. The Morgan fingerprint density at radius 2 is 1.72 bits per heavy atom. The molecule has 0 aliphatic carbocycles. The van der Waals surface area contributed by atoms with E-state index in [1.807, 2.05) is 49.4 Å². The quantitative estimate of drug-likeness (QED) is 0.468. The van der Waals surface area contributed by atoms with E-state index >= 15 is 0 Å². The predicted molar refractivity (Wildman–Crippen MR) is 120 cm³/mol. The second kappa shape index (κ2) is 9.00. The summed E-state index contributed by atoms with van der Waals surface area (Å²) in [5.74, 6) is 0.219. The number of rotatable bonds is 6. The van der Waals surface area contributed by atoms with Gasteiger partial charge in [-0.1, -0.05) is 54.1 Å². The highest BCUT2D eigenvalue weighted by Crippen LogP contribution is 2.37. The molecule has 0 saturated heterocycles. The van der Waals surface area contributed by atoms with Gasteiger partial charge in [0.2, 0.25) is 0 Å². The zero-order valence-corrected chi connectivity index (χ0v) is 18.1. The number of hydrogen-bond donors (Lipinski definition) is 0. The molecule has 1 aliphatic rings. The number of halogens is 2. The van der Waals surface area contributed by atoms with Gasteiger partial charge in [-0.2, -0.15) is 8.78 Å². The molecule has 0 spiro atoms. The van der Waals surface area contributed by atoms with E-state index in [1.165, 1.54) is 22.5 Å². The number of ether oxygens (including phenoxy) is 2. The van der Waals surface area contributed by atoms with Crippen molar-refractivity contribution in [2.75, 3.05) is 17.5 Å². The molecule has 0 fully saturated rings. The van der Waals surface area contributed by atoms with Crippen LogP contribution < -0.4 is 13.8 Å². The Hall–Kier alpha value is -3.39. The van der Waals surface area contributed by atoms with Crippen LogP contribution in [-0.2, 0) is 10.0 Å². The smallest absolute Gasteiger partial charge is 0.387 e. The van der Waals surface area contributed by atoms with Gasteiger partial charge in [-0.25, -0.2) is 8.42 Å². The number of sulfonamides is 1. The molecular weight excluding hydrogens is 436 g/mol. The first-order valence-corrected chi connectivity index (χ1v) is 11.4. The second-order valence-corrected chi connectivity index (χ2v) is 9.11. The van der Waals surface area contributed by atoms with Crippen molar-refractivity contribution in [1.82, 2.24) is 0 Å². The first-order chi connectivity index (χ1) is 15.3. The fraction of sp³-hybridized carbons (Fsp3) is 0.167. The van der Waals surface area contributed by atoms with Crippen LogP contribution in [0.5, 0.6) is 11.5 Å². The van der Waals surface area contributed by atoms with Crippen molar-refractivity contribution in [2.24, 2.45) is 0 Å². The van der Waals surface area contributed by atoms with Crippen molar-refractivity contribution in [3.8, 4) is 11.5 Å². The van der Waals surface area contributed by atoms with Gasteiger partial charge in [0.1, 0.15) is 18.1 Å². The van der Waals surface area contributed by atoms with E-state index in [2.05, 4.69) is 4.74 Å². The Morgan fingerprint density at radius 1 is 1.00 bits per heavy atom. The summed E-state index contributed by atoms with van der Waals surface area (Å²) >= 11 is 0. The lowest BCUT2D eigenvalue weighted by molar-refractivity contribution is -0.0499. The predicted octanol–water partition coefficient (Wildman–Crippen LogP) is 5.35. The van der Waals surface area contributed by atoms with E-state index in [1.54, 1.807) is 12.1 Å². The third kappa shape index (κ3) is 4.75. The number of aryl methyl sites for hydroxylation is 1. The van der Waals surface area contributed by atoms with E-state index < -0.39 is 16.6 Å². The van der Waals surface area contributed by atoms with E-state index in [9.17, 15) is 17.2 Å². The lowest BCUT2D eigenvalue weighted by Gasteiger charge is -2.30. The molecule has 0 amide bonds. The van der Waals surface area contributed by atoms with E-state index in [-0.39, 0.29) is 23.8 Å². The van der Waals surface area contributed by atoms with Crippen LogP contribution >= 0.6 is 0 Å². The van der Waals surface area contributed by atoms with Crippen LogP contribution in [0.2, 0.25) is 0 Å². The van der Waals surface area contributed by atoms with E-state index in [0.717, 1.165) is 22.8 Å². The topological polar surface area (TPSA) is 55.8 Å². The highest BCUT2D eigenvalue weighted by atomic mass is 32.2. The van der Waals surface area contributed by atoms with Gasteiger partial charge in [0.25, 0.3) is 10.0 Å². The Morgan fingerprint density at radius 3 is 2.47 bits per heavy atom. The molecule has 166 valence electrons. The van der Waals surface area contributed by atoms with Crippen LogP contribution in [-0.4, -0.2) is 28.2 Å². The molecule has 8 heteroatoms. The zero-order valence-electron chi connectivity index (χ0n) is 17.2. The van der Waals surface area contributed by atoms with Gasteiger partial charge in [0.05, 0.1) is 17.1 Å². The van der Waals surface area contributed by atoms with Gasteiger partial charge >= 0.3 is 6.61 Å². The average molecular weight is 457 g/mol. The Bertz CT molecular complexity index is 1240. The summed E-state index contributed by atoms with van der Waals surface area (Å²) < 4.78 is 63.0. The van der Waals surface area contributed by atoms with Gasteiger partial charge < -0.3 is 9.47 Å². The van der Waals surface area contributed by atoms with Crippen LogP contribution in [0.25, 0.3) is 12.2 Å². The fourth-order valence-electron chi connectivity index (χ4n) is 3.37. The minimum Gasteiger partial charge on any atom is -0.489 e. The molecule has 4 rings (SSSR count). The van der Waals surface area contributed by atoms with E-state index in [0.29, 0.717) is 11.4 Å². The van der Waals surface area contributed by atoms with Crippen LogP contribution in [0.3, 0.4) is 0 Å². The number of anilines is 1. The Labute approximate surface area is 185 Å². The first-order valence-electron chi connectivity index (χ1n) is 9.92. The van der Waals surface area contributed by atoms with Crippen molar-refractivity contribution in [3.05, 3.63) is 83.4 Å². The molecule has 0 N–H and O–H groups in total. The van der Waals surface area contributed by atoms with Crippen LogP contribution in [0, 0.1) is 6.92 Å². The molecule has 1 heterocycles. The van der Waals surface area contributed by atoms with Gasteiger partial charge in [-0.15, -0.1) is 0 Å². The highest BCUT2D eigenvalue weighted by Gasteiger charge is 2.30. The lowest BCUT2D eigenvalue weighted by atomic mass is 10.1. The Kier molecular flexibility index (Phi) is 6.14. The van der Waals surface area contributed by atoms with Crippen LogP contribution in [0.1, 0.15) is 16.7 Å². The summed E-state index contributed by atoms with van der Waals surface area (Å²) in [6, 6.07) is 18.4. The molecule has 3 aromatic rings. The highest BCUT2D eigenvalue weighted by molar-refractivity contribution is 7.92. The molecule has 0 bridgehead atoms. The SMILES string of the molecule is Cc1ccc(/C=C/c2ccc3c(c2)N(S(=O)(=O)c2cccc(OC(F)F)c2)CCO3)cc1. The number of nitrogens with zero attached hydrogens (tertiary/aromatic N) is 1. The van der Waals surface area contributed by atoms with Gasteiger partial charge in [0.15, 0.2) is 0 Å². The number of alkyl halides is 2. The summed E-state index contributed by atoms with van der Waals surface area (Å²) in [6.07, 6.45) is 3.83. The molecule has 0 aromatic heterocycles. The average Bonchev–Trinajstić information content (AvgIpc) is 2.78. The normalized spacial score (nSPS) is 13.8. The van der Waals surface area contributed by atoms with Gasteiger partial charge in [-0.05, 0) is 42.3 Å². The molecule has 0 radical (unpaired) electrons. The summed E-state index contributed by atoms with van der Waals surface area (Å²) in [6.45, 7) is -0.750. The van der Waals surface area contributed by atoms with Gasteiger partial charge in [-0.3, -0.25) is 4.31 Å². The molecule has 3 aromatic carbocycles. The monoisotopic (exact) mass is 457 g/mol. The fourth-order valence-corrected chi connectivity index (χ4v) is 4.86. The minimum absolute atomic E-state index is 0.0976. The Balaban J connectivity index is 1.66. The zero-order chi connectivity index (χ0) is 22.7. The maximum atomic E-state index is 13.3. The van der Waals surface area contributed by atoms with E-state index in [4.69, 9.17) is 4.74 Å². The summed E-state index contributed by atoms with van der Waals surface area (Å²) in [4.78, 5) is -0.135. The van der Waals surface area contributed by atoms with Crippen molar-refractivity contribution < 1.29 is 26.7 Å². The number of fused-ring (bicyclic) bond motifs is 1. The standard InChI is InChI=1S/C24H21F2NO4S/c1-17-5-7-18(8-6-17)9-10-19-11-12-23-22(15-19)27(13-14-30-23)32(28,29)21-4-2-3-20(16-21)31-24(25)26/h2-12,15-16,24H,13-14H2,1H3/b10-9+. The minimum atomic E-state index is -4.02. The summed E-state index contributed by atoms with van der Waals surface area (Å²) in [7, 11) is -4.02. The van der Waals surface area contributed by atoms with Crippen LogP contribution in [0.15, 0.2) is 71.6 Å². The third-order valence-corrected chi connectivity index (χ3v) is 6.78. The lowest BCUT2D eigenvalue weighted by Crippen LogP contribution is -2.38. The second-order valence-electron chi connectivity index (χ2n) is 7.25. The van der Waals surface area contributed by atoms with Crippen molar-refractivity contribution in [3.63, 3.8) is 0 Å². The van der Waals surface area contributed by atoms with Crippen molar-refractivity contribution in [1.29, 1.82) is 0 Å². The molecule has 5 nitrogen and oxygen atoms in total. The maximum absolute atomic E-state index is 13.3. The van der Waals surface area contributed by atoms with Gasteiger partial charge in [0, 0.05) is 6.07 Å². The molecule has 32 heavy (non-hydrogen) atoms. The third-order valence-electron chi connectivity index (χ3n) is 4.97. The van der Waals surface area contributed by atoms with Crippen molar-refractivity contribution in [2.45, 2.75) is 18.4 Å². The molecule has 0 unspecified atom stereocenters. The number of benzene rings is 3. The summed E-state index contributed by atoms with van der Waals surface area (Å²) in [5, 5.41) is 0. The largest absolute Gasteiger partial charge is 0.489 e.